The van der Waals surface area contributed by atoms with Crippen LogP contribution in [0.15, 0.2) is 35.2 Å². The molecule has 9 nitrogen and oxygen atoms in total. The van der Waals surface area contributed by atoms with Crippen molar-refractivity contribution in [2.45, 2.75) is 55.5 Å². The minimum absolute atomic E-state index is 0.0236. The minimum Gasteiger partial charge on any atom is -0.349 e. The van der Waals surface area contributed by atoms with Crippen molar-refractivity contribution in [3.63, 3.8) is 0 Å². The van der Waals surface area contributed by atoms with Crippen LogP contribution >= 0.6 is 0 Å². The molecule has 0 radical (unpaired) electrons. The van der Waals surface area contributed by atoms with E-state index >= 15 is 0 Å². The maximum Gasteiger partial charge on any atom is 0.294 e. The Morgan fingerprint density at radius 1 is 1.16 bits per heavy atom. The molecule has 1 saturated heterocycles. The first-order valence-corrected chi connectivity index (χ1v) is 12.2. The molecule has 32 heavy (non-hydrogen) atoms. The van der Waals surface area contributed by atoms with Crippen LogP contribution in [0.25, 0.3) is 0 Å². The van der Waals surface area contributed by atoms with E-state index in [1.54, 1.807) is 42.1 Å². The Hall–Kier alpha value is -2.48. The second-order valence-corrected chi connectivity index (χ2v) is 9.75. The Morgan fingerprint density at radius 3 is 2.28 bits per heavy atom. The van der Waals surface area contributed by atoms with E-state index < -0.39 is 10.1 Å². The highest BCUT2D eigenvalue weighted by atomic mass is 32.2. The number of benzene rings is 1. The minimum atomic E-state index is -4.00. The van der Waals surface area contributed by atoms with Crippen LogP contribution < -0.4 is 5.32 Å². The molecular weight excluding hydrogens is 432 g/mol. The second kappa shape index (κ2) is 11.9. The van der Waals surface area contributed by atoms with Gasteiger partial charge in [0.2, 0.25) is 11.8 Å². The highest BCUT2D eigenvalue weighted by molar-refractivity contribution is 7.85. The zero-order valence-corrected chi connectivity index (χ0v) is 19.4. The Kier molecular flexibility index (Phi) is 9.62. The number of carbonyl (C=O) groups is 2. The van der Waals surface area contributed by atoms with E-state index in [4.69, 9.17) is 9.81 Å². The van der Waals surface area contributed by atoms with Crippen LogP contribution in [0.5, 0.6) is 0 Å². The highest BCUT2D eigenvalue weighted by Crippen LogP contribution is 2.25. The summed E-state index contributed by atoms with van der Waals surface area (Å²) < 4.78 is 29.2. The molecule has 176 valence electrons. The second-order valence-electron chi connectivity index (χ2n) is 8.32. The van der Waals surface area contributed by atoms with E-state index in [0.29, 0.717) is 19.1 Å². The maximum absolute atomic E-state index is 12.2. The number of nitrogens with one attached hydrogen (secondary N) is 1. The topological polar surface area (TPSA) is 131 Å². The van der Waals surface area contributed by atoms with Crippen LogP contribution in [-0.4, -0.2) is 73.9 Å². The fraction of sp³-hybridized carbons (Fsp3) is 0.591. The molecule has 1 saturated carbocycles. The molecule has 3 rings (SSSR count). The van der Waals surface area contributed by atoms with Gasteiger partial charge in [-0.15, -0.1) is 0 Å². The maximum atomic E-state index is 12.2. The van der Waals surface area contributed by atoms with E-state index in [0.717, 1.165) is 38.5 Å². The molecule has 1 aliphatic heterocycles. The van der Waals surface area contributed by atoms with Crippen molar-refractivity contribution in [2.75, 3.05) is 27.2 Å². The Morgan fingerprint density at radius 2 is 1.78 bits per heavy atom. The summed E-state index contributed by atoms with van der Waals surface area (Å²) in [4.78, 5) is 27.4. The highest BCUT2D eigenvalue weighted by Gasteiger charge is 2.30. The van der Waals surface area contributed by atoms with Crippen molar-refractivity contribution >= 4 is 21.9 Å². The van der Waals surface area contributed by atoms with E-state index in [2.05, 4.69) is 11.4 Å². The molecule has 2 fully saturated rings. The summed E-state index contributed by atoms with van der Waals surface area (Å²) in [5.41, 5.74) is 0. The molecule has 10 heteroatoms. The van der Waals surface area contributed by atoms with E-state index in [1.165, 1.54) is 12.1 Å². The molecular formula is C22H32N4O5S. The summed E-state index contributed by atoms with van der Waals surface area (Å²) in [6.07, 6.45) is 5.33. The third kappa shape index (κ3) is 7.58. The lowest BCUT2D eigenvalue weighted by atomic mass is 9.85. The molecule has 1 heterocycles. The predicted octanol–water partition coefficient (Wildman–Crippen LogP) is 1.67. The summed E-state index contributed by atoms with van der Waals surface area (Å²) in [6, 6.07) is 9.68. The lowest BCUT2D eigenvalue weighted by Crippen LogP contribution is -2.45. The standard InChI is InChI=1S/C16H26N4O2.C6H6O3S/c1-19(2)16(22)12-5-7-13(8-6-12)18-11-15(21)20-9-3-4-14(20)10-17;7-10(8,9)6-4-2-1-3-5-6/h12-14,18H,3-9,11H2,1-2H3;1-5H,(H,7,8,9)/t12-,13-,14-;/m0./s1. The number of likely N-dealkylation sites (tertiary alicyclic amines) is 1. The molecule has 0 unspecified atom stereocenters. The van der Waals surface area contributed by atoms with Crippen molar-refractivity contribution < 1.29 is 22.6 Å². The molecule has 0 aromatic heterocycles. The molecule has 1 aromatic rings. The van der Waals surface area contributed by atoms with Gasteiger partial charge in [-0.3, -0.25) is 14.1 Å². The molecule has 2 aliphatic rings. The average molecular weight is 465 g/mol. The van der Waals surface area contributed by atoms with Gasteiger partial charge in [-0.25, -0.2) is 0 Å². The SMILES string of the molecule is CN(C)C(=O)[C@H]1CC[C@H](NCC(=O)N2CCC[C@H]2C#N)CC1.O=S(=O)(O)c1ccccc1. The van der Waals surface area contributed by atoms with Gasteiger partial charge in [-0.05, 0) is 50.7 Å². The van der Waals surface area contributed by atoms with Crippen molar-refractivity contribution in [3.8, 4) is 6.07 Å². The smallest absolute Gasteiger partial charge is 0.294 e. The van der Waals surface area contributed by atoms with E-state index in [-0.39, 0.29) is 28.7 Å². The number of carbonyl (C=O) groups excluding carboxylic acids is 2. The van der Waals surface area contributed by atoms with Gasteiger partial charge in [0.15, 0.2) is 0 Å². The molecule has 2 N–H and O–H groups in total. The fourth-order valence-electron chi connectivity index (χ4n) is 4.03. The van der Waals surface area contributed by atoms with Gasteiger partial charge in [0.1, 0.15) is 6.04 Å². The molecule has 0 bridgehead atoms. The van der Waals surface area contributed by atoms with Crippen LogP contribution in [-0.2, 0) is 19.7 Å². The average Bonchev–Trinajstić information content (AvgIpc) is 3.27. The third-order valence-electron chi connectivity index (χ3n) is 5.82. The monoisotopic (exact) mass is 464 g/mol. The van der Waals surface area contributed by atoms with Gasteiger partial charge in [0.05, 0.1) is 17.5 Å². The Balaban J connectivity index is 0.000000303. The number of amides is 2. The molecule has 0 spiro atoms. The Bertz CT molecular complexity index is 906. The normalized spacial score (nSPS) is 22.9. The van der Waals surface area contributed by atoms with Crippen molar-refractivity contribution in [1.29, 1.82) is 5.26 Å². The van der Waals surface area contributed by atoms with Crippen LogP contribution in [0, 0.1) is 17.2 Å². The predicted molar refractivity (Wildman–Crippen MR) is 119 cm³/mol. The Labute approximate surface area is 190 Å². The van der Waals surface area contributed by atoms with Gasteiger partial charge in [0, 0.05) is 32.6 Å². The third-order valence-corrected chi connectivity index (χ3v) is 6.69. The summed E-state index contributed by atoms with van der Waals surface area (Å²) in [5, 5.41) is 12.3. The number of hydrogen-bond acceptors (Lipinski definition) is 6. The largest absolute Gasteiger partial charge is 0.349 e. The quantitative estimate of drug-likeness (QED) is 0.634. The summed E-state index contributed by atoms with van der Waals surface area (Å²) >= 11 is 0. The van der Waals surface area contributed by atoms with E-state index in [9.17, 15) is 18.0 Å². The summed E-state index contributed by atoms with van der Waals surface area (Å²) in [5.74, 6) is 0.365. The van der Waals surface area contributed by atoms with Crippen molar-refractivity contribution in [2.24, 2.45) is 5.92 Å². The fourth-order valence-corrected chi connectivity index (χ4v) is 4.54. The van der Waals surface area contributed by atoms with Crippen LogP contribution in [0.2, 0.25) is 0 Å². The molecule has 2 amide bonds. The van der Waals surface area contributed by atoms with Gasteiger partial charge in [-0.2, -0.15) is 13.7 Å². The lowest BCUT2D eigenvalue weighted by Gasteiger charge is -2.30. The molecule has 1 atom stereocenters. The zero-order valence-electron chi connectivity index (χ0n) is 18.6. The molecule has 1 aliphatic carbocycles. The summed E-state index contributed by atoms with van der Waals surface area (Å²) in [6.45, 7) is 0.998. The van der Waals surface area contributed by atoms with Crippen LogP contribution in [0.4, 0.5) is 0 Å². The van der Waals surface area contributed by atoms with Gasteiger partial charge >= 0.3 is 0 Å². The van der Waals surface area contributed by atoms with Gasteiger partial charge in [0.25, 0.3) is 10.1 Å². The first-order chi connectivity index (χ1) is 15.1. The zero-order chi connectivity index (χ0) is 23.7. The first-order valence-electron chi connectivity index (χ1n) is 10.8. The van der Waals surface area contributed by atoms with Gasteiger partial charge < -0.3 is 15.1 Å². The van der Waals surface area contributed by atoms with Crippen molar-refractivity contribution in [3.05, 3.63) is 30.3 Å². The van der Waals surface area contributed by atoms with Crippen LogP contribution in [0.1, 0.15) is 38.5 Å². The van der Waals surface area contributed by atoms with Crippen molar-refractivity contribution in [1.82, 2.24) is 15.1 Å². The summed E-state index contributed by atoms with van der Waals surface area (Å²) in [7, 11) is -0.406. The number of nitriles is 1. The van der Waals surface area contributed by atoms with E-state index in [1.807, 2.05) is 0 Å². The van der Waals surface area contributed by atoms with Gasteiger partial charge in [-0.1, -0.05) is 18.2 Å². The molecule has 1 aromatic carbocycles. The lowest BCUT2D eigenvalue weighted by molar-refractivity contribution is -0.134. The number of nitrogens with zero attached hydrogens (tertiary/aromatic N) is 3. The number of hydrogen-bond donors (Lipinski definition) is 2. The first kappa shape index (κ1) is 25.8. The van der Waals surface area contributed by atoms with Crippen LogP contribution in [0.3, 0.4) is 0 Å². The number of rotatable bonds is 5.